The Morgan fingerprint density at radius 2 is 1.69 bits per heavy atom. The average molecular weight is 489 g/mol. The Morgan fingerprint density at radius 1 is 0.971 bits per heavy atom. The molecule has 2 aromatic heterocycles. The van der Waals surface area contributed by atoms with Crippen LogP contribution in [-0.4, -0.2) is 56.6 Å². The van der Waals surface area contributed by atoms with Crippen LogP contribution in [0.4, 0.5) is 10.5 Å². The number of hydrogen-bond donors (Lipinski definition) is 1. The first kappa shape index (κ1) is 23.2. The summed E-state index contributed by atoms with van der Waals surface area (Å²) in [4.78, 5) is 34.8. The van der Waals surface area contributed by atoms with Gasteiger partial charge >= 0.3 is 6.03 Å². The van der Waals surface area contributed by atoms with E-state index in [9.17, 15) is 9.59 Å². The number of piperazine rings is 1. The minimum absolute atomic E-state index is 0.0792. The Morgan fingerprint density at radius 3 is 2.43 bits per heavy atom. The molecule has 2 aromatic carbocycles. The third-order valence-corrected chi connectivity index (χ3v) is 7.23. The lowest BCUT2D eigenvalue weighted by Gasteiger charge is -2.34. The van der Waals surface area contributed by atoms with Crippen LogP contribution in [0.3, 0.4) is 0 Å². The third kappa shape index (κ3) is 5.11. The summed E-state index contributed by atoms with van der Waals surface area (Å²) in [7, 11) is 0. The molecule has 9 heteroatoms. The molecule has 1 N–H and O–H groups in total. The minimum atomic E-state index is -0.175. The van der Waals surface area contributed by atoms with Crippen molar-refractivity contribution in [2.24, 2.45) is 0 Å². The van der Waals surface area contributed by atoms with Gasteiger partial charge < -0.3 is 10.2 Å². The number of carbonyl (C=O) groups excluding carboxylic acids is 1. The van der Waals surface area contributed by atoms with Crippen molar-refractivity contribution in [3.05, 3.63) is 81.3 Å². The van der Waals surface area contributed by atoms with E-state index < -0.39 is 0 Å². The van der Waals surface area contributed by atoms with Gasteiger partial charge in [0, 0.05) is 50.0 Å². The second kappa shape index (κ2) is 9.59. The summed E-state index contributed by atoms with van der Waals surface area (Å²) >= 11 is 1.41. The fourth-order valence-corrected chi connectivity index (χ4v) is 5.08. The van der Waals surface area contributed by atoms with Crippen LogP contribution in [0.1, 0.15) is 22.4 Å². The van der Waals surface area contributed by atoms with Gasteiger partial charge in [0.05, 0.1) is 5.69 Å². The highest BCUT2D eigenvalue weighted by atomic mass is 32.1. The van der Waals surface area contributed by atoms with Crippen LogP contribution < -0.4 is 10.9 Å². The lowest BCUT2D eigenvalue weighted by Crippen LogP contribution is -2.49. The molecular weight excluding hydrogens is 460 g/mol. The summed E-state index contributed by atoms with van der Waals surface area (Å²) in [6, 6.07) is 15.6. The van der Waals surface area contributed by atoms with Gasteiger partial charge in [-0.2, -0.15) is 9.61 Å². The van der Waals surface area contributed by atoms with Crippen LogP contribution in [0, 0.1) is 20.8 Å². The number of anilines is 1. The van der Waals surface area contributed by atoms with Crippen LogP contribution in [0.15, 0.2) is 53.3 Å². The van der Waals surface area contributed by atoms with E-state index in [0.717, 1.165) is 46.2 Å². The number of nitrogens with one attached hydrogen (secondary N) is 1. The molecule has 2 amide bonds. The van der Waals surface area contributed by atoms with Crippen molar-refractivity contribution in [1.29, 1.82) is 0 Å². The van der Waals surface area contributed by atoms with Gasteiger partial charge in [0.25, 0.3) is 5.56 Å². The van der Waals surface area contributed by atoms with Gasteiger partial charge in [0.15, 0.2) is 0 Å². The van der Waals surface area contributed by atoms with Crippen molar-refractivity contribution in [3.8, 4) is 10.6 Å². The normalized spacial score (nSPS) is 14.4. The number of amides is 2. The van der Waals surface area contributed by atoms with Crippen molar-refractivity contribution in [1.82, 2.24) is 24.4 Å². The number of nitrogens with zero attached hydrogens (tertiary/aromatic N) is 5. The molecule has 35 heavy (non-hydrogen) atoms. The minimum Gasteiger partial charge on any atom is -0.322 e. The van der Waals surface area contributed by atoms with Crippen LogP contribution in [-0.2, 0) is 6.54 Å². The van der Waals surface area contributed by atoms with Gasteiger partial charge in [-0.05, 0) is 38.0 Å². The summed E-state index contributed by atoms with van der Waals surface area (Å²) < 4.78 is 1.37. The molecule has 0 atom stereocenters. The highest BCUT2D eigenvalue weighted by Gasteiger charge is 2.22. The molecule has 0 bridgehead atoms. The molecule has 0 unspecified atom stereocenters. The largest absolute Gasteiger partial charge is 0.322 e. The quantitative estimate of drug-likeness (QED) is 0.468. The second-order valence-electron chi connectivity index (χ2n) is 9.07. The maximum absolute atomic E-state index is 12.8. The fraction of sp³-hybridized carbons (Fsp3) is 0.308. The van der Waals surface area contributed by atoms with Crippen molar-refractivity contribution in [3.63, 3.8) is 0 Å². The zero-order valence-corrected chi connectivity index (χ0v) is 20.9. The van der Waals surface area contributed by atoms with E-state index in [1.807, 2.05) is 68.1 Å². The van der Waals surface area contributed by atoms with Crippen LogP contribution >= 0.6 is 11.3 Å². The highest BCUT2D eigenvalue weighted by Crippen LogP contribution is 2.25. The Balaban J connectivity index is 1.23. The zero-order valence-electron chi connectivity index (χ0n) is 20.1. The monoisotopic (exact) mass is 488 g/mol. The number of rotatable bonds is 4. The van der Waals surface area contributed by atoms with Gasteiger partial charge in [-0.15, -0.1) is 0 Å². The SMILES string of the molecule is Cc1ccc(-c2nn3c(=O)cc(CN4CCN(C(=O)Nc5cc(C)ccc5C)CC4)nc3s2)cc1. The Labute approximate surface area is 207 Å². The lowest BCUT2D eigenvalue weighted by atomic mass is 10.1. The molecule has 1 fully saturated rings. The van der Waals surface area contributed by atoms with Gasteiger partial charge in [-0.1, -0.05) is 53.3 Å². The molecule has 180 valence electrons. The van der Waals surface area contributed by atoms with E-state index in [0.29, 0.717) is 24.6 Å². The maximum atomic E-state index is 12.8. The van der Waals surface area contributed by atoms with Gasteiger partial charge in [0.2, 0.25) is 4.96 Å². The van der Waals surface area contributed by atoms with E-state index in [-0.39, 0.29) is 11.6 Å². The maximum Gasteiger partial charge on any atom is 0.321 e. The first-order chi connectivity index (χ1) is 16.9. The Kier molecular flexibility index (Phi) is 6.36. The van der Waals surface area contributed by atoms with E-state index >= 15 is 0 Å². The van der Waals surface area contributed by atoms with E-state index in [4.69, 9.17) is 4.98 Å². The van der Waals surface area contributed by atoms with Crippen LogP contribution in [0.2, 0.25) is 0 Å². The molecule has 0 saturated carbocycles. The summed E-state index contributed by atoms with van der Waals surface area (Å²) in [6.07, 6.45) is 0. The lowest BCUT2D eigenvalue weighted by molar-refractivity contribution is 0.142. The number of benzene rings is 2. The van der Waals surface area contributed by atoms with E-state index in [1.165, 1.54) is 21.4 Å². The number of carbonyl (C=O) groups is 1. The molecule has 0 aliphatic carbocycles. The molecule has 0 spiro atoms. The average Bonchev–Trinajstić information content (AvgIpc) is 3.27. The predicted octanol–water partition coefficient (Wildman–Crippen LogP) is 4.09. The molecule has 8 nitrogen and oxygen atoms in total. The standard InChI is InChI=1S/C26H28N6O2S/c1-17-5-8-20(9-6-17)24-29-32-23(33)15-21(27-26(32)35-24)16-30-10-12-31(13-11-30)25(34)28-22-14-18(2)4-7-19(22)3/h4-9,14-15H,10-13,16H2,1-3H3,(H,28,34). The summed E-state index contributed by atoms with van der Waals surface area (Å²) in [5.74, 6) is 0. The Hall–Kier alpha value is -3.56. The number of aromatic nitrogens is 3. The first-order valence-electron chi connectivity index (χ1n) is 11.7. The summed E-state index contributed by atoms with van der Waals surface area (Å²) in [5, 5.41) is 8.28. The van der Waals surface area contributed by atoms with Crippen molar-refractivity contribution < 1.29 is 4.79 Å². The molecule has 0 radical (unpaired) electrons. The molecule has 3 heterocycles. The van der Waals surface area contributed by atoms with Crippen LogP contribution in [0.5, 0.6) is 0 Å². The van der Waals surface area contributed by atoms with Gasteiger partial charge in [-0.3, -0.25) is 9.69 Å². The Bertz CT molecular complexity index is 1430. The van der Waals surface area contributed by atoms with Crippen molar-refractivity contribution >= 4 is 28.0 Å². The van der Waals surface area contributed by atoms with E-state index in [2.05, 4.69) is 15.3 Å². The van der Waals surface area contributed by atoms with Crippen LogP contribution in [0.25, 0.3) is 15.5 Å². The number of urea groups is 1. The third-order valence-electron chi connectivity index (χ3n) is 6.28. The topological polar surface area (TPSA) is 82.8 Å². The number of fused-ring (bicyclic) bond motifs is 1. The smallest absolute Gasteiger partial charge is 0.321 e. The van der Waals surface area contributed by atoms with Gasteiger partial charge in [-0.25, -0.2) is 9.78 Å². The predicted molar refractivity (Wildman–Crippen MR) is 139 cm³/mol. The molecule has 4 aromatic rings. The first-order valence-corrected chi connectivity index (χ1v) is 12.5. The number of aryl methyl sites for hydroxylation is 3. The summed E-state index contributed by atoms with van der Waals surface area (Å²) in [6.45, 7) is 9.30. The molecule has 1 aliphatic rings. The number of hydrogen-bond acceptors (Lipinski definition) is 6. The molecule has 1 saturated heterocycles. The zero-order chi connectivity index (χ0) is 24.5. The van der Waals surface area contributed by atoms with E-state index in [1.54, 1.807) is 6.07 Å². The summed E-state index contributed by atoms with van der Waals surface area (Å²) in [5.41, 5.74) is 5.71. The van der Waals surface area contributed by atoms with Crippen molar-refractivity contribution in [2.45, 2.75) is 27.3 Å². The second-order valence-corrected chi connectivity index (χ2v) is 10.0. The van der Waals surface area contributed by atoms with Crippen molar-refractivity contribution in [2.75, 3.05) is 31.5 Å². The highest BCUT2D eigenvalue weighted by molar-refractivity contribution is 7.19. The molecule has 1 aliphatic heterocycles. The fourth-order valence-electron chi connectivity index (χ4n) is 4.15. The van der Waals surface area contributed by atoms with Gasteiger partial charge in [0.1, 0.15) is 5.01 Å². The molecular formula is C26H28N6O2S. The molecule has 5 rings (SSSR count).